The maximum absolute atomic E-state index is 4.65. The Labute approximate surface area is 126 Å². The highest BCUT2D eigenvalue weighted by Crippen LogP contribution is 2.28. The van der Waals surface area contributed by atoms with Crippen molar-refractivity contribution in [1.82, 2.24) is 9.88 Å². The van der Waals surface area contributed by atoms with Crippen LogP contribution in [0, 0.1) is 0 Å². The minimum absolute atomic E-state index is 0.446. The Morgan fingerprint density at radius 2 is 2.21 bits per heavy atom. The summed E-state index contributed by atoms with van der Waals surface area (Å²) in [4.78, 5) is 7.18. The van der Waals surface area contributed by atoms with E-state index in [0.29, 0.717) is 6.04 Å². The lowest BCUT2D eigenvalue weighted by molar-refractivity contribution is 0.328. The van der Waals surface area contributed by atoms with E-state index in [9.17, 15) is 0 Å². The average molecular weight is 340 g/mol. The first kappa shape index (κ1) is 13.3. The number of nitrogens with one attached hydrogen (secondary N) is 1. The van der Waals surface area contributed by atoms with Crippen LogP contribution < -0.4 is 5.32 Å². The van der Waals surface area contributed by atoms with Gasteiger partial charge in [0, 0.05) is 17.1 Å². The molecule has 102 valence electrons. The Balaban J connectivity index is 1.66. The molecule has 1 unspecified atom stereocenters. The van der Waals surface area contributed by atoms with Crippen molar-refractivity contribution in [2.45, 2.75) is 25.8 Å². The summed E-state index contributed by atoms with van der Waals surface area (Å²) in [6.07, 6.45) is 2.70. The lowest BCUT2D eigenvalue weighted by atomic mass is 10.3. The first-order valence-corrected chi connectivity index (χ1v) is 8.36. The molecule has 19 heavy (non-hydrogen) atoms. The Morgan fingerprint density at radius 3 is 3.00 bits per heavy atom. The third-order valence-corrected chi connectivity index (χ3v) is 4.91. The fraction of sp³-hybridized carbons (Fsp3) is 0.500. The summed E-state index contributed by atoms with van der Waals surface area (Å²) in [6, 6.07) is 6.70. The van der Waals surface area contributed by atoms with Crippen molar-refractivity contribution in [1.29, 1.82) is 0 Å². The molecule has 0 aliphatic carbocycles. The molecule has 1 aliphatic heterocycles. The molecular weight excluding hydrogens is 322 g/mol. The maximum Gasteiger partial charge on any atom is 0.184 e. The zero-order chi connectivity index (χ0) is 13.2. The fourth-order valence-electron chi connectivity index (χ4n) is 2.57. The molecule has 0 bridgehead atoms. The molecule has 1 N–H and O–H groups in total. The van der Waals surface area contributed by atoms with E-state index >= 15 is 0 Å². The SMILES string of the molecule is CC(CN1CCCC1)Nc1nc2cc(Br)ccc2s1. The van der Waals surface area contributed by atoms with E-state index in [0.717, 1.165) is 21.7 Å². The van der Waals surface area contributed by atoms with Gasteiger partial charge in [0.05, 0.1) is 10.2 Å². The third kappa shape index (κ3) is 3.27. The van der Waals surface area contributed by atoms with Crippen LogP contribution >= 0.6 is 27.3 Å². The molecule has 3 nitrogen and oxygen atoms in total. The van der Waals surface area contributed by atoms with Crippen LogP contribution in [-0.4, -0.2) is 35.6 Å². The number of anilines is 1. The average Bonchev–Trinajstić information content (AvgIpc) is 2.97. The van der Waals surface area contributed by atoms with E-state index < -0.39 is 0 Å². The van der Waals surface area contributed by atoms with Crippen molar-refractivity contribution in [3.63, 3.8) is 0 Å². The lowest BCUT2D eigenvalue weighted by Gasteiger charge is -2.20. The molecule has 1 aliphatic rings. The number of fused-ring (bicyclic) bond motifs is 1. The summed E-state index contributed by atoms with van der Waals surface area (Å²) in [5.74, 6) is 0. The van der Waals surface area contributed by atoms with Crippen LogP contribution in [0.1, 0.15) is 19.8 Å². The van der Waals surface area contributed by atoms with Crippen molar-refractivity contribution in [3.05, 3.63) is 22.7 Å². The van der Waals surface area contributed by atoms with Crippen molar-refractivity contribution in [2.75, 3.05) is 25.0 Å². The van der Waals surface area contributed by atoms with Crippen molar-refractivity contribution in [3.8, 4) is 0 Å². The summed E-state index contributed by atoms with van der Waals surface area (Å²) in [6.45, 7) is 5.84. The second-order valence-electron chi connectivity index (χ2n) is 5.18. The van der Waals surface area contributed by atoms with Gasteiger partial charge >= 0.3 is 0 Å². The van der Waals surface area contributed by atoms with Crippen LogP contribution in [0.3, 0.4) is 0 Å². The number of benzene rings is 1. The Morgan fingerprint density at radius 1 is 1.42 bits per heavy atom. The summed E-state index contributed by atoms with van der Waals surface area (Å²) >= 11 is 5.22. The lowest BCUT2D eigenvalue weighted by Crippen LogP contribution is -2.32. The highest BCUT2D eigenvalue weighted by atomic mass is 79.9. The van der Waals surface area contributed by atoms with E-state index in [-0.39, 0.29) is 0 Å². The Hall–Kier alpha value is -0.650. The van der Waals surface area contributed by atoms with Crippen LogP contribution in [0.5, 0.6) is 0 Å². The van der Waals surface area contributed by atoms with Crippen molar-refractivity contribution < 1.29 is 0 Å². The zero-order valence-corrected chi connectivity index (χ0v) is 13.4. The van der Waals surface area contributed by atoms with Gasteiger partial charge in [-0.15, -0.1) is 0 Å². The number of likely N-dealkylation sites (tertiary alicyclic amines) is 1. The molecule has 3 rings (SSSR count). The monoisotopic (exact) mass is 339 g/mol. The normalized spacial score (nSPS) is 18.0. The van der Waals surface area contributed by atoms with E-state index in [2.05, 4.69) is 56.3 Å². The molecule has 2 aromatic rings. The molecule has 0 radical (unpaired) electrons. The smallest absolute Gasteiger partial charge is 0.184 e. The van der Waals surface area contributed by atoms with Gasteiger partial charge in [-0.05, 0) is 51.1 Å². The molecule has 0 saturated carbocycles. The first-order valence-electron chi connectivity index (χ1n) is 6.76. The molecule has 1 aromatic carbocycles. The topological polar surface area (TPSA) is 28.2 Å². The number of nitrogens with zero attached hydrogens (tertiary/aromatic N) is 2. The van der Waals surface area contributed by atoms with Gasteiger partial charge in [0.1, 0.15) is 0 Å². The Kier molecular flexibility index (Phi) is 4.05. The van der Waals surface area contributed by atoms with E-state index in [4.69, 9.17) is 0 Å². The maximum atomic E-state index is 4.65. The third-order valence-electron chi connectivity index (χ3n) is 3.45. The van der Waals surface area contributed by atoms with Crippen LogP contribution in [-0.2, 0) is 0 Å². The number of thiazole rings is 1. The first-order chi connectivity index (χ1) is 9.20. The zero-order valence-electron chi connectivity index (χ0n) is 11.0. The summed E-state index contributed by atoms with van der Waals surface area (Å²) in [7, 11) is 0. The second kappa shape index (κ2) is 5.77. The van der Waals surface area contributed by atoms with Gasteiger partial charge in [0.15, 0.2) is 5.13 Å². The van der Waals surface area contributed by atoms with Gasteiger partial charge in [0.25, 0.3) is 0 Å². The summed E-state index contributed by atoms with van der Waals surface area (Å²) in [5.41, 5.74) is 1.07. The van der Waals surface area contributed by atoms with Crippen LogP contribution in [0.2, 0.25) is 0 Å². The quantitative estimate of drug-likeness (QED) is 0.913. The predicted molar refractivity (Wildman–Crippen MR) is 86.1 cm³/mol. The van der Waals surface area contributed by atoms with E-state index in [1.165, 1.54) is 30.6 Å². The number of aromatic nitrogens is 1. The molecule has 2 heterocycles. The molecular formula is C14H18BrN3S. The van der Waals surface area contributed by atoms with Gasteiger partial charge in [-0.3, -0.25) is 0 Å². The van der Waals surface area contributed by atoms with Crippen LogP contribution in [0.4, 0.5) is 5.13 Å². The second-order valence-corrected chi connectivity index (χ2v) is 7.13. The van der Waals surface area contributed by atoms with Gasteiger partial charge < -0.3 is 10.2 Å². The molecule has 0 amide bonds. The molecule has 0 spiro atoms. The molecule has 1 fully saturated rings. The van der Waals surface area contributed by atoms with Gasteiger partial charge in [-0.2, -0.15) is 0 Å². The Bertz CT molecular complexity index is 563. The van der Waals surface area contributed by atoms with Crippen molar-refractivity contribution >= 4 is 42.6 Å². The van der Waals surface area contributed by atoms with E-state index in [1.54, 1.807) is 11.3 Å². The molecule has 1 saturated heterocycles. The number of halogens is 1. The van der Waals surface area contributed by atoms with E-state index in [1.807, 2.05) is 0 Å². The van der Waals surface area contributed by atoms with Crippen LogP contribution in [0.15, 0.2) is 22.7 Å². The predicted octanol–water partition coefficient (Wildman–Crippen LogP) is 3.96. The van der Waals surface area contributed by atoms with Crippen LogP contribution in [0.25, 0.3) is 10.2 Å². The summed E-state index contributed by atoms with van der Waals surface area (Å²) < 4.78 is 2.32. The number of hydrogen-bond donors (Lipinski definition) is 1. The minimum Gasteiger partial charge on any atom is -0.358 e. The minimum atomic E-state index is 0.446. The fourth-order valence-corrected chi connectivity index (χ4v) is 3.88. The van der Waals surface area contributed by atoms with Gasteiger partial charge in [-0.1, -0.05) is 27.3 Å². The highest BCUT2D eigenvalue weighted by Gasteiger charge is 2.15. The molecule has 1 atom stereocenters. The number of hydrogen-bond acceptors (Lipinski definition) is 4. The highest BCUT2D eigenvalue weighted by molar-refractivity contribution is 9.10. The number of rotatable bonds is 4. The molecule has 5 heteroatoms. The van der Waals surface area contributed by atoms with Crippen molar-refractivity contribution in [2.24, 2.45) is 0 Å². The van der Waals surface area contributed by atoms with Gasteiger partial charge in [-0.25, -0.2) is 4.98 Å². The summed E-state index contributed by atoms with van der Waals surface area (Å²) in [5, 5.41) is 4.56. The van der Waals surface area contributed by atoms with Gasteiger partial charge in [0.2, 0.25) is 0 Å². The molecule has 1 aromatic heterocycles. The largest absolute Gasteiger partial charge is 0.358 e. The standard InChI is InChI=1S/C14H18BrN3S/c1-10(9-18-6-2-3-7-18)16-14-17-12-8-11(15)4-5-13(12)19-14/h4-5,8,10H,2-3,6-7,9H2,1H3,(H,16,17).